The first-order chi connectivity index (χ1) is 11.3. The molecule has 0 unspecified atom stereocenters. The van der Waals surface area contributed by atoms with E-state index in [1.165, 1.54) is 6.07 Å². The van der Waals surface area contributed by atoms with Crippen LogP contribution in [0.15, 0.2) is 34.7 Å². The first-order valence-corrected chi connectivity index (χ1v) is 7.87. The van der Waals surface area contributed by atoms with Crippen LogP contribution in [0.5, 0.6) is 5.75 Å². The largest absolute Gasteiger partial charge is 0.507 e. The molecule has 0 radical (unpaired) electrons. The second kappa shape index (κ2) is 6.00. The minimum Gasteiger partial charge on any atom is -0.507 e. The molecule has 1 aromatic heterocycles. The molecule has 0 saturated carbocycles. The number of rotatable bonds is 3. The molecule has 0 aliphatic carbocycles. The molecule has 2 aromatic carbocycles. The fraction of sp³-hybridized carbons (Fsp3) is 0.263. The van der Waals surface area contributed by atoms with Crippen molar-refractivity contribution in [2.24, 2.45) is 5.92 Å². The number of aromatic nitrogens is 1. The molecule has 3 rings (SSSR count). The average Bonchev–Trinajstić information content (AvgIpc) is 2.93. The summed E-state index contributed by atoms with van der Waals surface area (Å²) in [7, 11) is 0. The molecule has 1 heterocycles. The highest BCUT2D eigenvalue weighted by molar-refractivity contribution is 5.93. The van der Waals surface area contributed by atoms with E-state index < -0.39 is 0 Å². The van der Waals surface area contributed by atoms with Gasteiger partial charge < -0.3 is 14.8 Å². The summed E-state index contributed by atoms with van der Waals surface area (Å²) in [6.45, 7) is 7.61. The monoisotopic (exact) mass is 324 g/mol. The number of fused-ring (bicyclic) bond motifs is 1. The summed E-state index contributed by atoms with van der Waals surface area (Å²) in [5, 5.41) is 13.0. The Balaban J connectivity index is 2.05. The van der Waals surface area contributed by atoms with Crippen molar-refractivity contribution in [2.75, 3.05) is 5.32 Å². The van der Waals surface area contributed by atoms with Gasteiger partial charge in [-0.15, -0.1) is 0 Å². The molecule has 0 fully saturated rings. The van der Waals surface area contributed by atoms with E-state index in [9.17, 15) is 9.90 Å². The van der Waals surface area contributed by atoms with Crippen LogP contribution in [0.25, 0.3) is 22.6 Å². The predicted molar refractivity (Wildman–Crippen MR) is 94.1 cm³/mol. The van der Waals surface area contributed by atoms with Gasteiger partial charge in [-0.2, -0.15) is 0 Å². The van der Waals surface area contributed by atoms with Gasteiger partial charge in [0.25, 0.3) is 0 Å². The number of oxazole rings is 1. The van der Waals surface area contributed by atoms with Crippen molar-refractivity contribution in [2.45, 2.75) is 27.7 Å². The number of nitrogens with one attached hydrogen (secondary N) is 1. The molecule has 0 spiro atoms. The fourth-order valence-corrected chi connectivity index (χ4v) is 2.56. The standard InChI is InChI=1S/C19H20N2O3/c1-10(2)18(23)20-13-5-6-16(22)14(9-13)19-21-15-8-11(3)7-12(4)17(15)24-19/h5-10,22H,1-4H3,(H,20,23). The van der Waals surface area contributed by atoms with Crippen LogP contribution in [-0.2, 0) is 4.79 Å². The molecule has 0 atom stereocenters. The summed E-state index contributed by atoms with van der Waals surface area (Å²) < 4.78 is 5.84. The first-order valence-electron chi connectivity index (χ1n) is 7.87. The van der Waals surface area contributed by atoms with Gasteiger partial charge in [-0.05, 0) is 49.2 Å². The van der Waals surface area contributed by atoms with E-state index in [-0.39, 0.29) is 17.6 Å². The average molecular weight is 324 g/mol. The Hall–Kier alpha value is -2.82. The highest BCUT2D eigenvalue weighted by atomic mass is 16.3. The lowest BCUT2D eigenvalue weighted by molar-refractivity contribution is -0.118. The number of aryl methyl sites for hydroxylation is 2. The minimum atomic E-state index is -0.128. The lowest BCUT2D eigenvalue weighted by Gasteiger charge is -2.09. The molecule has 1 amide bonds. The zero-order chi connectivity index (χ0) is 17.4. The molecular weight excluding hydrogens is 304 g/mol. The molecule has 0 bridgehead atoms. The second-order valence-electron chi connectivity index (χ2n) is 6.32. The summed E-state index contributed by atoms with van der Waals surface area (Å²) in [5.41, 5.74) is 4.58. The van der Waals surface area contributed by atoms with Gasteiger partial charge in [-0.3, -0.25) is 4.79 Å². The molecule has 24 heavy (non-hydrogen) atoms. The van der Waals surface area contributed by atoms with Crippen LogP contribution in [-0.4, -0.2) is 16.0 Å². The van der Waals surface area contributed by atoms with Gasteiger partial charge in [-0.25, -0.2) is 4.98 Å². The van der Waals surface area contributed by atoms with E-state index in [0.29, 0.717) is 22.7 Å². The number of phenolic OH excluding ortho intramolecular Hbond substituents is 1. The Morgan fingerprint density at radius 1 is 1.21 bits per heavy atom. The molecule has 0 aliphatic rings. The van der Waals surface area contributed by atoms with Crippen LogP contribution < -0.4 is 5.32 Å². The molecule has 3 aromatic rings. The zero-order valence-electron chi connectivity index (χ0n) is 14.2. The molecule has 0 aliphatic heterocycles. The summed E-state index contributed by atoms with van der Waals surface area (Å²) in [6.07, 6.45) is 0. The molecule has 124 valence electrons. The Kier molecular flexibility index (Phi) is 4.01. The van der Waals surface area contributed by atoms with E-state index in [2.05, 4.69) is 10.3 Å². The number of aromatic hydroxyl groups is 1. The Morgan fingerprint density at radius 3 is 2.67 bits per heavy atom. The minimum absolute atomic E-state index is 0.0541. The van der Waals surface area contributed by atoms with Crippen molar-refractivity contribution in [3.63, 3.8) is 0 Å². The number of phenols is 1. The Bertz CT molecular complexity index is 926. The van der Waals surface area contributed by atoms with E-state index in [4.69, 9.17) is 4.42 Å². The van der Waals surface area contributed by atoms with E-state index >= 15 is 0 Å². The highest BCUT2D eigenvalue weighted by Gasteiger charge is 2.16. The van der Waals surface area contributed by atoms with Crippen molar-refractivity contribution >= 4 is 22.7 Å². The van der Waals surface area contributed by atoms with Crippen molar-refractivity contribution < 1.29 is 14.3 Å². The maximum atomic E-state index is 11.9. The van der Waals surface area contributed by atoms with Crippen molar-refractivity contribution in [3.8, 4) is 17.2 Å². The second-order valence-corrected chi connectivity index (χ2v) is 6.32. The van der Waals surface area contributed by atoms with Crippen LogP contribution in [0.3, 0.4) is 0 Å². The fourth-order valence-electron chi connectivity index (χ4n) is 2.56. The van der Waals surface area contributed by atoms with Crippen molar-refractivity contribution in [1.29, 1.82) is 0 Å². The van der Waals surface area contributed by atoms with Crippen LogP contribution in [0.2, 0.25) is 0 Å². The number of hydrogen-bond donors (Lipinski definition) is 2. The van der Waals surface area contributed by atoms with Crippen LogP contribution in [0, 0.1) is 19.8 Å². The van der Waals surface area contributed by atoms with Gasteiger partial charge in [0, 0.05) is 11.6 Å². The number of hydrogen-bond acceptors (Lipinski definition) is 4. The molecule has 2 N–H and O–H groups in total. The molecule has 5 nitrogen and oxygen atoms in total. The predicted octanol–water partition coefficient (Wildman–Crippen LogP) is 4.41. The number of carbonyl (C=O) groups excluding carboxylic acids is 1. The molecule has 0 saturated heterocycles. The Morgan fingerprint density at radius 2 is 1.96 bits per heavy atom. The van der Waals surface area contributed by atoms with Gasteiger partial charge in [0.2, 0.25) is 11.8 Å². The van der Waals surface area contributed by atoms with Crippen LogP contribution in [0.1, 0.15) is 25.0 Å². The number of carbonyl (C=O) groups is 1. The van der Waals surface area contributed by atoms with Crippen molar-refractivity contribution in [1.82, 2.24) is 4.98 Å². The topological polar surface area (TPSA) is 75.4 Å². The summed E-state index contributed by atoms with van der Waals surface area (Å²) in [4.78, 5) is 16.3. The normalized spacial score (nSPS) is 11.2. The quantitative estimate of drug-likeness (QED) is 0.700. The Labute approximate surface area is 140 Å². The van der Waals surface area contributed by atoms with Crippen molar-refractivity contribution in [3.05, 3.63) is 41.5 Å². The zero-order valence-corrected chi connectivity index (χ0v) is 14.2. The number of nitrogens with zero attached hydrogens (tertiary/aromatic N) is 1. The lowest BCUT2D eigenvalue weighted by atomic mass is 10.1. The van der Waals surface area contributed by atoms with Gasteiger partial charge >= 0.3 is 0 Å². The van der Waals surface area contributed by atoms with Gasteiger partial charge in [0.15, 0.2) is 5.58 Å². The molecule has 5 heteroatoms. The third-order valence-electron chi connectivity index (χ3n) is 3.84. The van der Waals surface area contributed by atoms with E-state index in [1.54, 1.807) is 12.1 Å². The maximum Gasteiger partial charge on any atom is 0.231 e. The van der Waals surface area contributed by atoms with Crippen LogP contribution >= 0.6 is 0 Å². The van der Waals surface area contributed by atoms with E-state index in [0.717, 1.165) is 16.6 Å². The first kappa shape index (κ1) is 16.1. The van der Waals surface area contributed by atoms with Gasteiger partial charge in [-0.1, -0.05) is 19.9 Å². The lowest BCUT2D eigenvalue weighted by Crippen LogP contribution is -2.17. The van der Waals surface area contributed by atoms with E-state index in [1.807, 2.05) is 39.8 Å². The summed E-state index contributed by atoms with van der Waals surface area (Å²) in [5.74, 6) is 0.170. The maximum absolute atomic E-state index is 11.9. The molecular formula is C19H20N2O3. The number of anilines is 1. The smallest absolute Gasteiger partial charge is 0.231 e. The third-order valence-corrected chi connectivity index (χ3v) is 3.84. The third kappa shape index (κ3) is 2.97. The number of amides is 1. The number of benzene rings is 2. The highest BCUT2D eigenvalue weighted by Crippen LogP contribution is 2.34. The van der Waals surface area contributed by atoms with Gasteiger partial charge in [0.05, 0.1) is 5.56 Å². The van der Waals surface area contributed by atoms with Gasteiger partial charge in [0.1, 0.15) is 11.3 Å². The summed E-state index contributed by atoms with van der Waals surface area (Å²) >= 11 is 0. The van der Waals surface area contributed by atoms with Crippen LogP contribution in [0.4, 0.5) is 5.69 Å². The SMILES string of the molecule is Cc1cc(C)c2oc(-c3cc(NC(=O)C(C)C)ccc3O)nc2c1. The summed E-state index contributed by atoms with van der Waals surface area (Å²) in [6, 6.07) is 8.81.